The van der Waals surface area contributed by atoms with E-state index < -0.39 is 0 Å². The molecule has 0 aliphatic carbocycles. The Bertz CT molecular complexity index is 261. The number of rotatable bonds is 0. The third-order valence-corrected chi connectivity index (χ3v) is 1.31. The number of amides is 1. The lowest BCUT2D eigenvalue weighted by atomic mass is 10.1. The molecule has 0 aromatic heterocycles. The number of nitrogens with two attached hydrogens (primary N) is 1. The molecule has 0 saturated carbocycles. The minimum absolute atomic E-state index is 0.124. The van der Waals surface area contributed by atoms with E-state index in [0.29, 0.717) is 0 Å². The number of hydrogen-bond acceptors (Lipinski definition) is 1. The van der Waals surface area contributed by atoms with E-state index in [1.807, 2.05) is 26.8 Å². The summed E-state index contributed by atoms with van der Waals surface area (Å²) in [6.07, 6.45) is 0.250. The molecule has 0 saturated heterocycles. The third-order valence-electron chi connectivity index (χ3n) is 1.31. The van der Waals surface area contributed by atoms with Gasteiger partial charge in [-0.25, -0.2) is 4.39 Å². The summed E-state index contributed by atoms with van der Waals surface area (Å²) in [6, 6.07) is 5.09. The molecule has 1 rings (SSSR count). The van der Waals surface area contributed by atoms with Gasteiger partial charge in [-0.15, -0.1) is 0 Å². The molecule has 2 N–H and O–H groups in total. The van der Waals surface area contributed by atoms with Gasteiger partial charge in [0, 0.05) is 0 Å². The van der Waals surface area contributed by atoms with Crippen molar-refractivity contribution in [1.82, 2.24) is 0 Å². The number of primary amides is 1. The Labute approximate surface area is 84.9 Å². The molecule has 0 fully saturated rings. The number of carbonyl (C=O) groups excluding carboxylic acids is 1. The van der Waals surface area contributed by atoms with Gasteiger partial charge in [-0.1, -0.05) is 31.5 Å². The highest BCUT2D eigenvalue weighted by atomic mass is 19.1. The average Bonchev–Trinajstić information content (AvgIpc) is 2.17. The molecule has 0 heterocycles. The zero-order chi connectivity index (χ0) is 11.6. The molecule has 2 nitrogen and oxygen atoms in total. The van der Waals surface area contributed by atoms with Gasteiger partial charge in [-0.3, -0.25) is 4.79 Å². The predicted octanol–water partition coefficient (Wildman–Crippen LogP) is 2.57. The first-order chi connectivity index (χ1) is 6.61. The van der Waals surface area contributed by atoms with E-state index in [1.165, 1.54) is 6.07 Å². The molecule has 1 aromatic carbocycles. The fraction of sp³-hybridized carbons (Fsp3) is 0.364. The second-order valence-corrected chi connectivity index (χ2v) is 2.39. The van der Waals surface area contributed by atoms with Crippen LogP contribution in [0.1, 0.15) is 25.0 Å². The molecule has 0 aliphatic rings. The minimum Gasteiger partial charge on any atom is -0.372 e. The van der Waals surface area contributed by atoms with Crippen molar-refractivity contribution in [3.63, 3.8) is 0 Å². The van der Waals surface area contributed by atoms with Crippen LogP contribution in [0.5, 0.6) is 0 Å². The molecule has 0 spiro atoms. The first-order valence-electron chi connectivity index (χ1n) is 4.50. The first kappa shape index (κ1) is 15.1. The van der Waals surface area contributed by atoms with Crippen molar-refractivity contribution in [2.45, 2.75) is 27.7 Å². The number of aryl methyl sites for hydroxylation is 2. The normalized spacial score (nSPS) is 7.50. The molecule has 14 heavy (non-hydrogen) atoms. The fourth-order valence-electron chi connectivity index (χ4n) is 0.795. The summed E-state index contributed by atoms with van der Waals surface area (Å²) < 4.78 is 12.5. The molecule has 0 atom stereocenters. The number of benzene rings is 1. The van der Waals surface area contributed by atoms with Gasteiger partial charge in [0.2, 0.25) is 6.41 Å². The molecule has 0 aliphatic heterocycles. The third kappa shape index (κ3) is 7.28. The first-order valence-corrected chi connectivity index (χ1v) is 4.50. The molecule has 0 radical (unpaired) electrons. The summed E-state index contributed by atoms with van der Waals surface area (Å²) >= 11 is 0. The molecular weight excluding hydrogens is 181 g/mol. The van der Waals surface area contributed by atoms with Crippen LogP contribution in [0.4, 0.5) is 4.39 Å². The van der Waals surface area contributed by atoms with Crippen molar-refractivity contribution in [2.24, 2.45) is 5.73 Å². The number of halogens is 1. The highest BCUT2D eigenvalue weighted by Crippen LogP contribution is 2.06. The van der Waals surface area contributed by atoms with Crippen molar-refractivity contribution in [3.05, 3.63) is 35.1 Å². The zero-order valence-corrected chi connectivity index (χ0v) is 9.17. The van der Waals surface area contributed by atoms with Gasteiger partial charge < -0.3 is 5.73 Å². The van der Waals surface area contributed by atoms with Crippen molar-refractivity contribution in [2.75, 3.05) is 0 Å². The quantitative estimate of drug-likeness (QED) is 0.641. The summed E-state index contributed by atoms with van der Waals surface area (Å²) in [6.45, 7) is 7.72. The van der Waals surface area contributed by atoms with Crippen molar-refractivity contribution >= 4 is 6.41 Å². The maximum Gasteiger partial charge on any atom is 0.204 e. The van der Waals surface area contributed by atoms with Crippen LogP contribution in [0.3, 0.4) is 0 Å². The lowest BCUT2D eigenvalue weighted by molar-refractivity contribution is -0.106. The van der Waals surface area contributed by atoms with Gasteiger partial charge in [0.15, 0.2) is 0 Å². The SMILES string of the molecule is CC.Cc1ccc(F)c(C)c1.NC=O. The van der Waals surface area contributed by atoms with E-state index in [1.54, 1.807) is 13.0 Å². The fourth-order valence-corrected chi connectivity index (χ4v) is 0.795. The molecule has 80 valence electrons. The van der Waals surface area contributed by atoms with Crippen molar-refractivity contribution in [1.29, 1.82) is 0 Å². The second kappa shape index (κ2) is 9.71. The molecule has 1 aromatic rings. The Balaban J connectivity index is 0. The number of carbonyl (C=O) groups is 1. The van der Waals surface area contributed by atoms with Gasteiger partial charge in [0.05, 0.1) is 0 Å². The topological polar surface area (TPSA) is 43.1 Å². The summed E-state index contributed by atoms with van der Waals surface area (Å²) in [5.74, 6) is -0.124. The van der Waals surface area contributed by atoms with Gasteiger partial charge in [0.25, 0.3) is 0 Å². The van der Waals surface area contributed by atoms with Gasteiger partial charge in [-0.05, 0) is 25.5 Å². The van der Waals surface area contributed by atoms with Crippen molar-refractivity contribution < 1.29 is 9.18 Å². The minimum atomic E-state index is -0.124. The van der Waals surface area contributed by atoms with Crippen molar-refractivity contribution in [3.8, 4) is 0 Å². The van der Waals surface area contributed by atoms with E-state index >= 15 is 0 Å². The largest absolute Gasteiger partial charge is 0.372 e. The lowest BCUT2D eigenvalue weighted by Crippen LogP contribution is -1.82. The van der Waals surface area contributed by atoms with Crippen LogP contribution in [0.25, 0.3) is 0 Å². The summed E-state index contributed by atoms with van der Waals surface area (Å²) in [7, 11) is 0. The standard InChI is InChI=1S/C8H9F.C2H6.CH3NO/c1-6-3-4-8(9)7(2)5-6;1-2;2-1-3/h3-5H,1-2H3;1-2H3;1H,(H2,2,3). The molecule has 3 heteroatoms. The zero-order valence-electron chi connectivity index (χ0n) is 9.17. The van der Waals surface area contributed by atoms with E-state index in [0.717, 1.165) is 11.1 Å². The van der Waals surface area contributed by atoms with Crippen LogP contribution in [0.15, 0.2) is 18.2 Å². The highest BCUT2D eigenvalue weighted by Gasteiger charge is 1.93. The van der Waals surface area contributed by atoms with Crippen LogP contribution in [-0.4, -0.2) is 6.41 Å². The molecule has 0 unspecified atom stereocenters. The van der Waals surface area contributed by atoms with Gasteiger partial charge >= 0.3 is 0 Å². The van der Waals surface area contributed by atoms with Crippen LogP contribution in [-0.2, 0) is 4.79 Å². The monoisotopic (exact) mass is 199 g/mol. The second-order valence-electron chi connectivity index (χ2n) is 2.39. The Morgan fingerprint density at radius 1 is 1.29 bits per heavy atom. The van der Waals surface area contributed by atoms with E-state index in [2.05, 4.69) is 5.73 Å². The van der Waals surface area contributed by atoms with Gasteiger partial charge in [0.1, 0.15) is 5.82 Å². The van der Waals surface area contributed by atoms with Crippen LogP contribution in [0.2, 0.25) is 0 Å². The molecule has 1 amide bonds. The van der Waals surface area contributed by atoms with Gasteiger partial charge in [-0.2, -0.15) is 0 Å². The summed E-state index contributed by atoms with van der Waals surface area (Å²) in [5.41, 5.74) is 5.99. The lowest BCUT2D eigenvalue weighted by Gasteiger charge is -1.95. The predicted molar refractivity (Wildman–Crippen MR) is 57.5 cm³/mol. The Morgan fingerprint density at radius 3 is 2.00 bits per heavy atom. The average molecular weight is 199 g/mol. The Kier molecular flexibility index (Phi) is 10.5. The maximum absolute atomic E-state index is 12.5. The van der Waals surface area contributed by atoms with Crippen LogP contribution < -0.4 is 5.73 Å². The molecule has 0 bridgehead atoms. The highest BCUT2D eigenvalue weighted by molar-refractivity contribution is 5.42. The van der Waals surface area contributed by atoms with Crippen LogP contribution in [0, 0.1) is 19.7 Å². The Morgan fingerprint density at radius 2 is 1.71 bits per heavy atom. The maximum atomic E-state index is 12.5. The van der Waals surface area contributed by atoms with E-state index in [-0.39, 0.29) is 12.2 Å². The van der Waals surface area contributed by atoms with E-state index in [9.17, 15) is 4.39 Å². The summed E-state index contributed by atoms with van der Waals surface area (Å²) in [5, 5.41) is 0. The summed E-state index contributed by atoms with van der Waals surface area (Å²) in [4.78, 5) is 8.58. The van der Waals surface area contributed by atoms with E-state index in [4.69, 9.17) is 4.79 Å². The smallest absolute Gasteiger partial charge is 0.204 e. The van der Waals surface area contributed by atoms with Crippen LogP contribution >= 0.6 is 0 Å². The number of hydrogen-bond donors (Lipinski definition) is 1. The molecular formula is C11H18FNO. The Hall–Kier alpha value is -1.38.